The Morgan fingerprint density at radius 1 is 1.60 bits per heavy atom. The molecule has 3 heteroatoms. The lowest BCUT2D eigenvalue weighted by Crippen LogP contribution is -2.17. The first-order chi connectivity index (χ1) is 7.06. The van der Waals surface area contributed by atoms with E-state index < -0.39 is 6.10 Å². The van der Waals surface area contributed by atoms with Crippen LogP contribution in [0.15, 0.2) is 30.9 Å². The lowest BCUT2D eigenvalue weighted by Gasteiger charge is -2.19. The average Bonchev–Trinajstić information content (AvgIpc) is 2.17. The summed E-state index contributed by atoms with van der Waals surface area (Å²) in [5.74, 6) is 0. The van der Waals surface area contributed by atoms with Crippen molar-refractivity contribution in [1.82, 2.24) is 0 Å². The molecule has 1 atom stereocenters. The molecule has 0 bridgehead atoms. The van der Waals surface area contributed by atoms with Crippen molar-refractivity contribution in [2.45, 2.75) is 13.0 Å². The van der Waals surface area contributed by atoms with Gasteiger partial charge < -0.3 is 10.0 Å². The molecule has 1 unspecified atom stereocenters. The Hall–Kier alpha value is -0.990. The summed E-state index contributed by atoms with van der Waals surface area (Å²) in [6.07, 6.45) is 1.33. The predicted octanol–water partition coefficient (Wildman–Crippen LogP) is 3.02. The number of aliphatic hydroxyl groups is 1. The molecule has 0 amide bonds. The van der Waals surface area contributed by atoms with Crippen LogP contribution in [-0.4, -0.2) is 18.7 Å². The third-order valence-electron chi connectivity index (χ3n) is 2.27. The number of hydrogen-bond donors (Lipinski definition) is 1. The Labute approximate surface area is 95.8 Å². The van der Waals surface area contributed by atoms with E-state index in [0.717, 1.165) is 17.8 Å². The van der Waals surface area contributed by atoms with Gasteiger partial charge in [-0.25, -0.2) is 0 Å². The molecule has 1 aromatic carbocycles. The largest absolute Gasteiger partial charge is 0.389 e. The second-order valence-electron chi connectivity index (χ2n) is 3.56. The number of anilines is 1. The number of halogens is 1. The van der Waals surface area contributed by atoms with Gasteiger partial charge in [0.1, 0.15) is 0 Å². The van der Waals surface area contributed by atoms with Crippen molar-refractivity contribution >= 4 is 17.3 Å². The molecule has 0 fully saturated rings. The van der Waals surface area contributed by atoms with Gasteiger partial charge in [0.2, 0.25) is 0 Å². The van der Waals surface area contributed by atoms with Crippen LogP contribution in [0.4, 0.5) is 5.69 Å². The number of hydrogen-bond acceptors (Lipinski definition) is 2. The van der Waals surface area contributed by atoms with E-state index in [9.17, 15) is 5.11 Å². The zero-order valence-electron chi connectivity index (χ0n) is 9.07. The van der Waals surface area contributed by atoms with E-state index in [2.05, 4.69) is 6.58 Å². The first kappa shape index (κ1) is 12.1. The van der Waals surface area contributed by atoms with Gasteiger partial charge in [-0.2, -0.15) is 0 Å². The molecule has 0 heterocycles. The number of likely N-dealkylation sites (N-methyl/N-ethyl adjacent to an activating group) is 1. The van der Waals surface area contributed by atoms with Crippen molar-refractivity contribution in [3.8, 4) is 0 Å². The van der Waals surface area contributed by atoms with Crippen LogP contribution in [0.25, 0.3) is 0 Å². The Morgan fingerprint density at radius 2 is 2.27 bits per heavy atom. The van der Waals surface area contributed by atoms with Gasteiger partial charge in [-0.05, 0) is 24.6 Å². The summed E-state index contributed by atoms with van der Waals surface area (Å²) in [5, 5.41) is 10.0. The molecule has 0 aromatic heterocycles. The number of rotatable bonds is 4. The molecule has 0 saturated carbocycles. The zero-order valence-corrected chi connectivity index (χ0v) is 9.83. The molecule has 15 heavy (non-hydrogen) atoms. The average molecular weight is 226 g/mol. The summed E-state index contributed by atoms with van der Waals surface area (Å²) >= 11 is 6.12. The van der Waals surface area contributed by atoms with Crippen LogP contribution in [0.5, 0.6) is 0 Å². The lowest BCUT2D eigenvalue weighted by molar-refractivity contribution is 0.199. The number of aliphatic hydroxyl groups excluding tert-OH is 1. The van der Waals surface area contributed by atoms with Crippen LogP contribution < -0.4 is 4.90 Å². The number of nitrogens with zero attached hydrogens (tertiary/aromatic N) is 1. The summed E-state index contributed by atoms with van der Waals surface area (Å²) in [7, 11) is 1.95. The van der Waals surface area contributed by atoms with Gasteiger partial charge in [-0.1, -0.05) is 23.7 Å². The molecule has 1 N–H and O–H groups in total. The SMILES string of the molecule is C=CCN(C)c1ccc(C(C)O)cc1Cl. The monoisotopic (exact) mass is 225 g/mol. The Bertz CT molecular complexity index is 349. The second-order valence-corrected chi connectivity index (χ2v) is 3.96. The Balaban J connectivity index is 2.97. The van der Waals surface area contributed by atoms with Gasteiger partial charge in [-0.15, -0.1) is 6.58 Å². The van der Waals surface area contributed by atoms with Crippen molar-refractivity contribution in [3.05, 3.63) is 41.4 Å². The highest BCUT2D eigenvalue weighted by atomic mass is 35.5. The molecule has 0 aliphatic heterocycles. The molecule has 82 valence electrons. The van der Waals surface area contributed by atoms with Gasteiger partial charge in [0.25, 0.3) is 0 Å². The molecule has 0 aliphatic rings. The molecule has 0 saturated heterocycles. The number of benzene rings is 1. The van der Waals surface area contributed by atoms with Crippen molar-refractivity contribution in [3.63, 3.8) is 0 Å². The molecule has 0 aliphatic carbocycles. The third kappa shape index (κ3) is 2.98. The highest BCUT2D eigenvalue weighted by Gasteiger charge is 2.07. The van der Waals surface area contributed by atoms with E-state index in [-0.39, 0.29) is 0 Å². The molecule has 1 aromatic rings. The van der Waals surface area contributed by atoms with Crippen molar-refractivity contribution in [2.24, 2.45) is 0 Å². The maximum atomic E-state index is 9.39. The van der Waals surface area contributed by atoms with E-state index in [1.807, 2.05) is 30.2 Å². The Kier molecular flexibility index (Phi) is 4.18. The highest BCUT2D eigenvalue weighted by molar-refractivity contribution is 6.33. The van der Waals surface area contributed by atoms with Crippen LogP contribution in [0.3, 0.4) is 0 Å². The molecule has 0 radical (unpaired) electrons. The smallest absolute Gasteiger partial charge is 0.0762 e. The minimum absolute atomic E-state index is 0.485. The summed E-state index contributed by atoms with van der Waals surface area (Å²) in [6.45, 7) is 6.14. The minimum atomic E-state index is -0.485. The molecular formula is C12H16ClNO. The summed E-state index contributed by atoms with van der Waals surface area (Å²) in [4.78, 5) is 2.00. The van der Waals surface area contributed by atoms with Crippen LogP contribution in [0, 0.1) is 0 Å². The normalized spacial score (nSPS) is 12.3. The zero-order chi connectivity index (χ0) is 11.4. The summed E-state index contributed by atoms with van der Waals surface area (Å²) < 4.78 is 0. The second kappa shape index (κ2) is 5.19. The molecule has 0 spiro atoms. The summed E-state index contributed by atoms with van der Waals surface area (Å²) in [6, 6.07) is 5.58. The van der Waals surface area contributed by atoms with E-state index in [1.165, 1.54) is 0 Å². The van der Waals surface area contributed by atoms with Crippen molar-refractivity contribution in [2.75, 3.05) is 18.5 Å². The lowest BCUT2D eigenvalue weighted by atomic mass is 10.1. The fourth-order valence-electron chi connectivity index (χ4n) is 1.38. The fourth-order valence-corrected chi connectivity index (χ4v) is 1.72. The molecule has 2 nitrogen and oxygen atoms in total. The van der Waals surface area contributed by atoms with Crippen molar-refractivity contribution < 1.29 is 5.11 Å². The van der Waals surface area contributed by atoms with Gasteiger partial charge in [-0.3, -0.25) is 0 Å². The maximum Gasteiger partial charge on any atom is 0.0762 e. The van der Waals surface area contributed by atoms with Gasteiger partial charge >= 0.3 is 0 Å². The first-order valence-corrected chi connectivity index (χ1v) is 5.23. The predicted molar refractivity (Wildman–Crippen MR) is 65.6 cm³/mol. The van der Waals surface area contributed by atoms with Crippen LogP contribution >= 0.6 is 11.6 Å². The third-order valence-corrected chi connectivity index (χ3v) is 2.57. The van der Waals surface area contributed by atoms with E-state index >= 15 is 0 Å². The molecule has 1 rings (SSSR count). The van der Waals surface area contributed by atoms with Gasteiger partial charge in [0.05, 0.1) is 16.8 Å². The van der Waals surface area contributed by atoms with E-state index in [0.29, 0.717) is 5.02 Å². The fraction of sp³-hybridized carbons (Fsp3) is 0.333. The van der Waals surface area contributed by atoms with Gasteiger partial charge in [0, 0.05) is 13.6 Å². The highest BCUT2D eigenvalue weighted by Crippen LogP contribution is 2.28. The van der Waals surface area contributed by atoms with Crippen LogP contribution in [0.2, 0.25) is 5.02 Å². The maximum absolute atomic E-state index is 9.39. The minimum Gasteiger partial charge on any atom is -0.389 e. The molecular weight excluding hydrogens is 210 g/mol. The first-order valence-electron chi connectivity index (χ1n) is 4.85. The quantitative estimate of drug-likeness (QED) is 0.797. The van der Waals surface area contributed by atoms with Crippen LogP contribution in [0.1, 0.15) is 18.6 Å². The standard InChI is InChI=1S/C12H16ClNO/c1-4-7-14(3)12-6-5-10(9(2)15)8-11(12)13/h4-6,8-9,15H,1,7H2,2-3H3. The van der Waals surface area contributed by atoms with E-state index in [1.54, 1.807) is 13.0 Å². The Morgan fingerprint density at radius 3 is 2.73 bits per heavy atom. The van der Waals surface area contributed by atoms with Crippen LogP contribution in [-0.2, 0) is 0 Å². The van der Waals surface area contributed by atoms with Crippen molar-refractivity contribution in [1.29, 1.82) is 0 Å². The topological polar surface area (TPSA) is 23.5 Å². The summed E-state index contributed by atoms with van der Waals surface area (Å²) in [5.41, 5.74) is 1.77. The van der Waals surface area contributed by atoms with Gasteiger partial charge in [0.15, 0.2) is 0 Å². The van der Waals surface area contributed by atoms with E-state index in [4.69, 9.17) is 11.6 Å².